The molecule has 1 heterocycles. The first kappa shape index (κ1) is 15.3. The molecule has 0 aromatic carbocycles. The maximum absolute atomic E-state index is 5.91. The summed E-state index contributed by atoms with van der Waals surface area (Å²) in [5, 5.41) is 6.97. The third kappa shape index (κ3) is 3.50. The Labute approximate surface area is 118 Å². The molecule has 1 saturated heterocycles. The minimum atomic E-state index is 0.502. The predicted octanol–water partition coefficient (Wildman–Crippen LogP) is 2.42. The van der Waals surface area contributed by atoms with Gasteiger partial charge in [-0.15, -0.1) is 0 Å². The molecule has 0 aromatic heterocycles. The van der Waals surface area contributed by atoms with Gasteiger partial charge in [0, 0.05) is 6.61 Å². The van der Waals surface area contributed by atoms with Gasteiger partial charge >= 0.3 is 0 Å². The lowest BCUT2D eigenvalue weighted by Crippen LogP contribution is -2.33. The van der Waals surface area contributed by atoms with Gasteiger partial charge < -0.3 is 15.4 Å². The summed E-state index contributed by atoms with van der Waals surface area (Å²) in [5.41, 5.74) is 1.01. The van der Waals surface area contributed by atoms with Crippen LogP contribution in [-0.2, 0) is 4.74 Å². The minimum Gasteiger partial charge on any atom is -0.378 e. The Kier molecular flexibility index (Phi) is 4.91. The quantitative estimate of drug-likeness (QED) is 0.696. The molecule has 19 heavy (non-hydrogen) atoms. The van der Waals surface area contributed by atoms with Gasteiger partial charge in [-0.05, 0) is 62.2 Å². The van der Waals surface area contributed by atoms with E-state index in [1.54, 1.807) is 0 Å². The molecule has 0 bridgehead atoms. The Balaban J connectivity index is 1.47. The molecule has 0 unspecified atom stereocenters. The highest BCUT2D eigenvalue weighted by molar-refractivity contribution is 5.12. The molecule has 0 amide bonds. The van der Waals surface area contributed by atoms with Crippen LogP contribution in [0, 0.1) is 16.7 Å². The van der Waals surface area contributed by atoms with Crippen LogP contribution in [0.2, 0.25) is 0 Å². The van der Waals surface area contributed by atoms with Crippen molar-refractivity contribution < 1.29 is 4.74 Å². The zero-order chi connectivity index (χ0) is 13.9. The highest BCUT2D eigenvalue weighted by atomic mass is 16.5. The van der Waals surface area contributed by atoms with Crippen LogP contribution in [-0.4, -0.2) is 38.9 Å². The number of rotatable bonds is 7. The van der Waals surface area contributed by atoms with Crippen LogP contribution in [0.15, 0.2) is 0 Å². The summed E-state index contributed by atoms with van der Waals surface area (Å²) < 4.78 is 5.91. The molecule has 2 rings (SSSR count). The molecule has 3 heteroatoms. The molecule has 3 nitrogen and oxygen atoms in total. The van der Waals surface area contributed by atoms with Gasteiger partial charge in [0.25, 0.3) is 0 Å². The number of hydrogen-bond donors (Lipinski definition) is 2. The molecule has 0 atom stereocenters. The highest BCUT2D eigenvalue weighted by Gasteiger charge is 2.63. The van der Waals surface area contributed by atoms with E-state index in [0.29, 0.717) is 16.9 Å². The summed E-state index contributed by atoms with van der Waals surface area (Å²) in [4.78, 5) is 0. The summed E-state index contributed by atoms with van der Waals surface area (Å²) >= 11 is 0. The van der Waals surface area contributed by atoms with E-state index in [9.17, 15) is 0 Å². The Hall–Kier alpha value is -0.120. The van der Waals surface area contributed by atoms with Gasteiger partial charge in [-0.2, -0.15) is 0 Å². The molecule has 2 aliphatic rings. The Morgan fingerprint density at radius 2 is 1.74 bits per heavy atom. The lowest BCUT2D eigenvalue weighted by Gasteiger charge is -2.22. The van der Waals surface area contributed by atoms with Crippen LogP contribution in [0.1, 0.15) is 47.0 Å². The fourth-order valence-electron chi connectivity index (χ4n) is 3.50. The van der Waals surface area contributed by atoms with Crippen molar-refractivity contribution in [3.8, 4) is 0 Å². The summed E-state index contributed by atoms with van der Waals surface area (Å²) in [6, 6.07) is 0. The average Bonchev–Trinajstić information content (AvgIpc) is 2.76. The second kappa shape index (κ2) is 6.11. The van der Waals surface area contributed by atoms with E-state index in [4.69, 9.17) is 4.74 Å². The molecule has 0 radical (unpaired) electrons. The van der Waals surface area contributed by atoms with Crippen LogP contribution in [0.3, 0.4) is 0 Å². The van der Waals surface area contributed by atoms with E-state index in [1.165, 1.54) is 12.8 Å². The maximum atomic E-state index is 5.91. The molecule has 2 N–H and O–H groups in total. The Morgan fingerprint density at radius 3 is 2.32 bits per heavy atom. The van der Waals surface area contributed by atoms with Crippen molar-refractivity contribution in [2.45, 2.75) is 53.1 Å². The van der Waals surface area contributed by atoms with Gasteiger partial charge in [-0.1, -0.05) is 27.7 Å². The second-order valence-electron chi connectivity index (χ2n) is 7.37. The van der Waals surface area contributed by atoms with Gasteiger partial charge in [-0.3, -0.25) is 0 Å². The van der Waals surface area contributed by atoms with Crippen LogP contribution < -0.4 is 10.6 Å². The first-order valence-corrected chi connectivity index (χ1v) is 7.99. The van der Waals surface area contributed by atoms with E-state index < -0.39 is 0 Å². The van der Waals surface area contributed by atoms with Crippen molar-refractivity contribution in [1.29, 1.82) is 0 Å². The lowest BCUT2D eigenvalue weighted by atomic mass is 10.0. The van der Waals surface area contributed by atoms with Crippen LogP contribution >= 0.6 is 0 Å². The lowest BCUT2D eigenvalue weighted by molar-refractivity contribution is 0.0317. The summed E-state index contributed by atoms with van der Waals surface area (Å²) in [6.07, 6.45) is 4.00. The normalized spacial score (nSPS) is 26.5. The van der Waals surface area contributed by atoms with Gasteiger partial charge in [-0.25, -0.2) is 0 Å². The second-order valence-corrected chi connectivity index (χ2v) is 7.37. The van der Waals surface area contributed by atoms with Gasteiger partial charge in [0.1, 0.15) is 0 Å². The third-order valence-corrected chi connectivity index (χ3v) is 5.81. The molecule has 2 fully saturated rings. The molecule has 0 spiro atoms. The predicted molar refractivity (Wildman–Crippen MR) is 80.4 cm³/mol. The van der Waals surface area contributed by atoms with Gasteiger partial charge in [0.05, 0.1) is 6.10 Å². The minimum absolute atomic E-state index is 0.502. The molecule has 1 saturated carbocycles. The third-order valence-electron chi connectivity index (χ3n) is 5.81. The number of nitrogens with one attached hydrogen (secondary N) is 2. The van der Waals surface area contributed by atoms with Crippen molar-refractivity contribution in [1.82, 2.24) is 10.6 Å². The molecule has 112 valence electrons. The number of piperidine rings is 1. The van der Waals surface area contributed by atoms with Crippen LogP contribution in [0.4, 0.5) is 0 Å². The first-order chi connectivity index (χ1) is 8.96. The Bertz CT molecular complexity index is 268. The Morgan fingerprint density at radius 1 is 1.11 bits per heavy atom. The van der Waals surface area contributed by atoms with Crippen molar-refractivity contribution >= 4 is 0 Å². The zero-order valence-corrected chi connectivity index (χ0v) is 13.2. The van der Waals surface area contributed by atoms with Crippen molar-refractivity contribution in [2.24, 2.45) is 16.7 Å². The monoisotopic (exact) mass is 268 g/mol. The molecule has 0 aromatic rings. The fourth-order valence-corrected chi connectivity index (χ4v) is 3.50. The highest BCUT2D eigenvalue weighted by Crippen LogP contribution is 2.67. The van der Waals surface area contributed by atoms with E-state index in [2.05, 4.69) is 38.3 Å². The summed E-state index contributed by atoms with van der Waals surface area (Å²) in [5.74, 6) is 0.824. The largest absolute Gasteiger partial charge is 0.378 e. The van der Waals surface area contributed by atoms with E-state index in [-0.39, 0.29) is 0 Å². The first-order valence-electron chi connectivity index (χ1n) is 7.99. The summed E-state index contributed by atoms with van der Waals surface area (Å²) in [7, 11) is 0. The molecular formula is C16H32N2O. The smallest absolute Gasteiger partial charge is 0.0599 e. The van der Waals surface area contributed by atoms with Crippen molar-refractivity contribution in [3.63, 3.8) is 0 Å². The van der Waals surface area contributed by atoms with E-state index in [1.807, 2.05) is 0 Å². The van der Waals surface area contributed by atoms with Gasteiger partial charge in [0.15, 0.2) is 0 Å². The fraction of sp³-hybridized carbons (Fsp3) is 1.00. The van der Waals surface area contributed by atoms with Gasteiger partial charge in [0.2, 0.25) is 0 Å². The molecule has 1 aliphatic heterocycles. The van der Waals surface area contributed by atoms with E-state index in [0.717, 1.165) is 45.1 Å². The molecule has 1 aliphatic carbocycles. The number of hydrogen-bond acceptors (Lipinski definition) is 3. The SMILES string of the molecule is CC1(C)C(CNCCCOC2CCNCC2)C1(C)C. The average molecular weight is 268 g/mol. The van der Waals surface area contributed by atoms with Crippen molar-refractivity contribution in [3.05, 3.63) is 0 Å². The van der Waals surface area contributed by atoms with Crippen LogP contribution in [0.25, 0.3) is 0 Å². The van der Waals surface area contributed by atoms with Crippen LogP contribution in [0.5, 0.6) is 0 Å². The molecular weight excluding hydrogens is 236 g/mol. The van der Waals surface area contributed by atoms with E-state index >= 15 is 0 Å². The summed E-state index contributed by atoms with van der Waals surface area (Å²) in [6.45, 7) is 15.0. The van der Waals surface area contributed by atoms with Crippen molar-refractivity contribution in [2.75, 3.05) is 32.8 Å². The topological polar surface area (TPSA) is 33.3 Å². The standard InChI is InChI=1S/C16H32N2O/c1-15(2)14(16(15,3)4)12-18-8-5-11-19-13-6-9-17-10-7-13/h13-14,17-18H,5-12H2,1-4H3. The number of ether oxygens (including phenoxy) is 1. The zero-order valence-electron chi connectivity index (χ0n) is 13.2. The maximum Gasteiger partial charge on any atom is 0.0599 e.